The van der Waals surface area contributed by atoms with Crippen LogP contribution in [0.1, 0.15) is 13.3 Å². The molecule has 0 fully saturated rings. The largest absolute Gasteiger partial charge is 0.305 e. The van der Waals surface area contributed by atoms with Crippen molar-refractivity contribution in [2.24, 2.45) is 5.90 Å². The molecule has 0 unspecified atom stereocenters. The van der Waals surface area contributed by atoms with E-state index in [1.165, 1.54) is 12.1 Å². The third kappa shape index (κ3) is 6.10. The molecule has 5 heteroatoms. The van der Waals surface area contributed by atoms with E-state index in [9.17, 15) is 10.1 Å². The van der Waals surface area contributed by atoms with E-state index in [-0.39, 0.29) is 5.69 Å². The quantitative estimate of drug-likeness (QED) is 0.594. The van der Waals surface area contributed by atoms with Gasteiger partial charge in [0.25, 0.3) is 5.69 Å². The molecule has 0 aromatic heterocycles. The Morgan fingerprint density at radius 1 is 1.43 bits per heavy atom. The van der Waals surface area contributed by atoms with Crippen LogP contribution >= 0.6 is 0 Å². The molecule has 0 saturated heterocycles. The number of non-ortho nitro benzene ring substituents is 1. The Morgan fingerprint density at radius 3 is 2.21 bits per heavy atom. The Bertz CT molecular complexity index is 249. The summed E-state index contributed by atoms with van der Waals surface area (Å²) in [4.78, 5) is 13.8. The van der Waals surface area contributed by atoms with E-state index in [1.807, 2.05) is 6.92 Å². The van der Waals surface area contributed by atoms with Crippen molar-refractivity contribution in [3.8, 4) is 0 Å². The predicted octanol–water partition coefficient (Wildman–Crippen LogP) is 1.88. The van der Waals surface area contributed by atoms with E-state index in [2.05, 4.69) is 10.7 Å². The molecular weight excluding hydrogens is 184 g/mol. The zero-order valence-electron chi connectivity index (χ0n) is 8.05. The maximum Gasteiger partial charge on any atom is 0.269 e. The molecule has 5 nitrogen and oxygen atoms in total. The zero-order valence-corrected chi connectivity index (χ0v) is 8.05. The number of nitro groups is 1. The van der Waals surface area contributed by atoms with Crippen molar-refractivity contribution in [3.05, 3.63) is 40.4 Å². The summed E-state index contributed by atoms with van der Waals surface area (Å²) in [7, 11) is 0. The maximum atomic E-state index is 10.0. The van der Waals surface area contributed by atoms with Gasteiger partial charge in [-0.1, -0.05) is 25.1 Å². The molecule has 0 saturated carbocycles. The Morgan fingerprint density at radius 2 is 2.00 bits per heavy atom. The van der Waals surface area contributed by atoms with E-state index in [0.29, 0.717) is 6.61 Å². The van der Waals surface area contributed by atoms with E-state index < -0.39 is 4.92 Å². The summed E-state index contributed by atoms with van der Waals surface area (Å²) in [5.74, 6) is 4.64. The summed E-state index contributed by atoms with van der Waals surface area (Å²) in [6.45, 7) is 2.67. The summed E-state index contributed by atoms with van der Waals surface area (Å²) in [5.41, 5.74) is 0.137. The first-order valence-corrected chi connectivity index (χ1v) is 4.23. The highest BCUT2D eigenvalue weighted by molar-refractivity contribution is 5.27. The van der Waals surface area contributed by atoms with Gasteiger partial charge in [0, 0.05) is 12.1 Å². The van der Waals surface area contributed by atoms with Gasteiger partial charge in [0.05, 0.1) is 11.5 Å². The Hall–Kier alpha value is -1.46. The normalized spacial score (nSPS) is 8.71. The molecule has 14 heavy (non-hydrogen) atoms. The Balaban J connectivity index is 0.000000292. The first-order valence-electron chi connectivity index (χ1n) is 4.23. The molecule has 0 aliphatic rings. The molecule has 1 aromatic carbocycles. The van der Waals surface area contributed by atoms with E-state index >= 15 is 0 Å². The SMILES string of the molecule is CCCON.O=[N+]([O-])c1ccccc1. The van der Waals surface area contributed by atoms with Gasteiger partial charge in [-0.3, -0.25) is 10.1 Å². The van der Waals surface area contributed by atoms with Gasteiger partial charge in [0.15, 0.2) is 0 Å². The summed E-state index contributed by atoms with van der Waals surface area (Å²) >= 11 is 0. The van der Waals surface area contributed by atoms with Gasteiger partial charge in [-0.2, -0.15) is 0 Å². The van der Waals surface area contributed by atoms with Gasteiger partial charge in [0.1, 0.15) is 0 Å². The first-order chi connectivity index (χ1) is 6.72. The number of hydrogen-bond acceptors (Lipinski definition) is 4. The van der Waals surface area contributed by atoms with Crippen LogP contribution in [-0.4, -0.2) is 11.5 Å². The van der Waals surface area contributed by atoms with E-state index in [0.717, 1.165) is 6.42 Å². The average molecular weight is 198 g/mol. The predicted molar refractivity (Wildman–Crippen MR) is 53.5 cm³/mol. The molecule has 2 N–H and O–H groups in total. The summed E-state index contributed by atoms with van der Waals surface area (Å²) in [6.07, 6.45) is 0.997. The smallest absolute Gasteiger partial charge is 0.269 e. The van der Waals surface area contributed by atoms with Crippen LogP contribution in [0.2, 0.25) is 0 Å². The van der Waals surface area contributed by atoms with E-state index in [1.54, 1.807) is 18.2 Å². The minimum atomic E-state index is -0.417. The fourth-order valence-electron chi connectivity index (χ4n) is 0.668. The van der Waals surface area contributed by atoms with Gasteiger partial charge in [-0.15, -0.1) is 0 Å². The number of para-hydroxylation sites is 1. The van der Waals surface area contributed by atoms with Gasteiger partial charge in [-0.25, -0.2) is 5.90 Å². The van der Waals surface area contributed by atoms with Crippen molar-refractivity contribution in [1.82, 2.24) is 0 Å². The lowest BCUT2D eigenvalue weighted by atomic mass is 10.3. The molecule has 1 rings (SSSR count). The third-order valence-corrected chi connectivity index (χ3v) is 1.29. The van der Waals surface area contributed by atoms with Crippen molar-refractivity contribution >= 4 is 5.69 Å². The highest BCUT2D eigenvalue weighted by atomic mass is 16.6. The fraction of sp³-hybridized carbons (Fsp3) is 0.333. The second-order valence-corrected chi connectivity index (χ2v) is 2.46. The van der Waals surface area contributed by atoms with Crippen molar-refractivity contribution in [2.75, 3.05) is 6.61 Å². The zero-order chi connectivity index (χ0) is 10.8. The number of hydrogen-bond donors (Lipinski definition) is 1. The topological polar surface area (TPSA) is 78.4 Å². The van der Waals surface area contributed by atoms with E-state index in [4.69, 9.17) is 0 Å². The molecule has 0 spiro atoms. The van der Waals surface area contributed by atoms with Crippen LogP contribution in [0.15, 0.2) is 30.3 Å². The maximum absolute atomic E-state index is 10.0. The highest BCUT2D eigenvalue weighted by Gasteiger charge is 1.98. The summed E-state index contributed by atoms with van der Waals surface area (Å²) in [5, 5.41) is 10.0. The van der Waals surface area contributed by atoms with Crippen LogP contribution in [0.4, 0.5) is 5.69 Å². The summed E-state index contributed by atoms with van der Waals surface area (Å²) in [6, 6.07) is 7.93. The molecule has 0 atom stereocenters. The van der Waals surface area contributed by atoms with Gasteiger partial charge >= 0.3 is 0 Å². The highest BCUT2D eigenvalue weighted by Crippen LogP contribution is 2.06. The third-order valence-electron chi connectivity index (χ3n) is 1.29. The van der Waals surface area contributed by atoms with Gasteiger partial charge in [-0.05, 0) is 6.42 Å². The van der Waals surface area contributed by atoms with Gasteiger partial charge in [0.2, 0.25) is 0 Å². The van der Waals surface area contributed by atoms with Crippen LogP contribution in [-0.2, 0) is 4.84 Å². The lowest BCUT2D eigenvalue weighted by Gasteiger charge is -1.85. The second-order valence-electron chi connectivity index (χ2n) is 2.46. The average Bonchev–Trinajstić information content (AvgIpc) is 2.21. The van der Waals surface area contributed by atoms with Crippen molar-refractivity contribution in [2.45, 2.75) is 13.3 Å². The van der Waals surface area contributed by atoms with Crippen molar-refractivity contribution in [3.63, 3.8) is 0 Å². The molecule has 0 amide bonds. The molecule has 0 aliphatic carbocycles. The minimum Gasteiger partial charge on any atom is -0.305 e. The molecular formula is C9H14N2O3. The number of rotatable bonds is 3. The van der Waals surface area contributed by atoms with Crippen LogP contribution in [0.3, 0.4) is 0 Å². The molecule has 0 heterocycles. The first kappa shape index (κ1) is 12.5. The molecule has 78 valence electrons. The van der Waals surface area contributed by atoms with Crippen molar-refractivity contribution < 1.29 is 9.76 Å². The molecule has 0 radical (unpaired) electrons. The lowest BCUT2D eigenvalue weighted by molar-refractivity contribution is -0.384. The Labute approximate surface area is 82.6 Å². The number of benzene rings is 1. The second kappa shape index (κ2) is 8.15. The van der Waals surface area contributed by atoms with Crippen LogP contribution in [0.5, 0.6) is 0 Å². The van der Waals surface area contributed by atoms with Crippen LogP contribution in [0, 0.1) is 10.1 Å². The molecule has 0 bridgehead atoms. The lowest BCUT2D eigenvalue weighted by Crippen LogP contribution is -1.97. The number of nitro benzene ring substituents is 1. The Kier molecular flexibility index (Phi) is 7.30. The number of nitrogens with two attached hydrogens (primary N) is 1. The van der Waals surface area contributed by atoms with Crippen LogP contribution < -0.4 is 5.90 Å². The van der Waals surface area contributed by atoms with Crippen molar-refractivity contribution in [1.29, 1.82) is 0 Å². The standard InChI is InChI=1S/C6H5NO2.C3H9NO/c8-7(9)6-4-2-1-3-5-6;1-2-3-5-4/h1-5H;2-4H2,1H3. The monoisotopic (exact) mass is 198 g/mol. The molecule has 1 aromatic rings. The minimum absolute atomic E-state index is 0.137. The summed E-state index contributed by atoms with van der Waals surface area (Å²) < 4.78 is 0. The molecule has 0 aliphatic heterocycles. The van der Waals surface area contributed by atoms with Gasteiger partial charge < -0.3 is 4.84 Å². The fourth-order valence-corrected chi connectivity index (χ4v) is 0.668. The van der Waals surface area contributed by atoms with Crippen LogP contribution in [0.25, 0.3) is 0 Å². The number of nitrogens with zero attached hydrogens (tertiary/aromatic N) is 1.